The summed E-state index contributed by atoms with van der Waals surface area (Å²) < 4.78 is 12.4. The molecule has 1 amide bonds. The molecule has 1 saturated heterocycles. The zero-order chi connectivity index (χ0) is 24.3. The molecule has 1 saturated carbocycles. The van der Waals surface area contributed by atoms with Crippen LogP contribution in [0.2, 0.25) is 0 Å². The molecule has 2 aromatic rings. The van der Waals surface area contributed by atoms with Crippen LogP contribution in [0.1, 0.15) is 86.8 Å². The van der Waals surface area contributed by atoms with E-state index in [0.29, 0.717) is 11.1 Å². The van der Waals surface area contributed by atoms with Gasteiger partial charge in [0.05, 0.1) is 17.2 Å². The molecular formula is C27H32BNO5. The molecule has 178 valence electrons. The Balaban J connectivity index is 1.55. The molecule has 7 heteroatoms. The summed E-state index contributed by atoms with van der Waals surface area (Å²) in [6.45, 7) is 8.07. The first-order valence-corrected chi connectivity index (χ1v) is 12.2. The van der Waals surface area contributed by atoms with E-state index in [1.807, 2.05) is 69.0 Å². The molecule has 2 fully saturated rings. The number of carbonyl (C=O) groups excluding carboxylic acids is 1. The van der Waals surface area contributed by atoms with E-state index in [4.69, 9.17) is 9.31 Å². The van der Waals surface area contributed by atoms with Crippen molar-refractivity contribution >= 4 is 24.5 Å². The number of amides is 1. The van der Waals surface area contributed by atoms with Crippen molar-refractivity contribution in [3.8, 4) is 0 Å². The standard InChI is InChI=1S/C27H32BNO5/c1-26(2)27(3,4)34-28(33-26)18-15-13-17(14-16-18)23-22(25(31)32)20-11-7-8-12-21(20)24(30)29(23)19-9-5-6-10-19/h7-8,11-16,19,22-23H,5-6,9-10H2,1-4H3,(H,31,32)/t22-,23+/m0/s1. The predicted molar refractivity (Wildman–Crippen MR) is 130 cm³/mol. The van der Waals surface area contributed by atoms with Crippen LogP contribution < -0.4 is 5.46 Å². The first-order chi connectivity index (χ1) is 16.1. The highest BCUT2D eigenvalue weighted by Gasteiger charge is 2.52. The van der Waals surface area contributed by atoms with Gasteiger partial charge in [-0.25, -0.2) is 0 Å². The Hall–Kier alpha value is -2.64. The molecule has 0 unspecified atom stereocenters. The van der Waals surface area contributed by atoms with Crippen molar-refractivity contribution in [1.82, 2.24) is 4.90 Å². The van der Waals surface area contributed by atoms with Crippen LogP contribution in [-0.2, 0) is 14.1 Å². The van der Waals surface area contributed by atoms with Gasteiger partial charge in [0.1, 0.15) is 5.92 Å². The number of fused-ring (bicyclic) bond motifs is 1. The first kappa shape index (κ1) is 23.1. The van der Waals surface area contributed by atoms with Crippen LogP contribution in [0.25, 0.3) is 0 Å². The number of aliphatic carboxylic acids is 1. The van der Waals surface area contributed by atoms with Gasteiger partial charge in [0.25, 0.3) is 5.91 Å². The van der Waals surface area contributed by atoms with Crippen LogP contribution in [0, 0.1) is 0 Å². The molecule has 0 radical (unpaired) electrons. The largest absolute Gasteiger partial charge is 0.494 e. The Kier molecular flexibility index (Phi) is 5.61. The number of hydrogen-bond acceptors (Lipinski definition) is 4. The van der Waals surface area contributed by atoms with E-state index >= 15 is 0 Å². The van der Waals surface area contributed by atoms with Crippen LogP contribution in [0.4, 0.5) is 0 Å². The maximum Gasteiger partial charge on any atom is 0.494 e. The lowest BCUT2D eigenvalue weighted by molar-refractivity contribution is -0.140. The number of benzene rings is 2. The molecule has 5 rings (SSSR count). The average molecular weight is 461 g/mol. The lowest BCUT2D eigenvalue weighted by atomic mass is 9.76. The number of carboxylic acid groups (broad SMARTS) is 1. The van der Waals surface area contributed by atoms with Gasteiger partial charge in [-0.05, 0) is 63.2 Å². The van der Waals surface area contributed by atoms with Crippen molar-refractivity contribution < 1.29 is 24.0 Å². The van der Waals surface area contributed by atoms with Crippen molar-refractivity contribution in [3.05, 3.63) is 65.2 Å². The van der Waals surface area contributed by atoms with Crippen molar-refractivity contribution in [2.75, 3.05) is 0 Å². The normalized spacial score (nSPS) is 26.1. The van der Waals surface area contributed by atoms with Gasteiger partial charge in [0.15, 0.2) is 0 Å². The van der Waals surface area contributed by atoms with E-state index in [-0.39, 0.29) is 11.9 Å². The Morgan fingerprint density at radius 2 is 1.56 bits per heavy atom. The molecule has 2 aliphatic heterocycles. The Morgan fingerprint density at radius 3 is 2.15 bits per heavy atom. The second-order valence-corrected chi connectivity index (χ2v) is 10.8. The molecular weight excluding hydrogens is 429 g/mol. The smallest absolute Gasteiger partial charge is 0.481 e. The third-order valence-corrected chi connectivity index (χ3v) is 8.16. The number of carbonyl (C=O) groups is 2. The Morgan fingerprint density at radius 1 is 0.971 bits per heavy atom. The van der Waals surface area contributed by atoms with E-state index in [1.165, 1.54) is 0 Å². The minimum absolute atomic E-state index is 0.0514. The summed E-state index contributed by atoms with van der Waals surface area (Å²) in [4.78, 5) is 28.1. The number of nitrogens with zero attached hydrogens (tertiary/aromatic N) is 1. The molecule has 0 aromatic heterocycles. The fraction of sp³-hybridized carbons (Fsp3) is 0.481. The fourth-order valence-corrected chi connectivity index (χ4v) is 5.59. The molecule has 1 N–H and O–H groups in total. The van der Waals surface area contributed by atoms with Gasteiger partial charge in [0, 0.05) is 11.6 Å². The molecule has 2 heterocycles. The minimum Gasteiger partial charge on any atom is -0.481 e. The lowest BCUT2D eigenvalue weighted by Gasteiger charge is -2.44. The van der Waals surface area contributed by atoms with Crippen molar-refractivity contribution in [3.63, 3.8) is 0 Å². The van der Waals surface area contributed by atoms with E-state index in [9.17, 15) is 14.7 Å². The van der Waals surface area contributed by atoms with E-state index in [0.717, 1.165) is 36.7 Å². The summed E-state index contributed by atoms with van der Waals surface area (Å²) in [6.07, 6.45) is 3.92. The third-order valence-electron chi connectivity index (χ3n) is 8.16. The topological polar surface area (TPSA) is 76.1 Å². The number of hydrogen-bond donors (Lipinski definition) is 1. The molecule has 0 spiro atoms. The van der Waals surface area contributed by atoms with Crippen molar-refractivity contribution in [2.24, 2.45) is 0 Å². The summed E-state index contributed by atoms with van der Waals surface area (Å²) in [5.41, 5.74) is 1.92. The SMILES string of the molecule is CC1(C)OB(c2ccc([C@@H]3[C@@H](C(=O)O)c4ccccc4C(=O)N3C3CCCC3)cc2)OC1(C)C. The highest BCUT2D eigenvalue weighted by molar-refractivity contribution is 6.62. The van der Waals surface area contributed by atoms with E-state index in [2.05, 4.69) is 0 Å². The van der Waals surface area contributed by atoms with Crippen LogP contribution in [0.15, 0.2) is 48.5 Å². The van der Waals surface area contributed by atoms with Crippen molar-refractivity contribution in [2.45, 2.75) is 82.6 Å². The number of carboxylic acids is 1. The molecule has 6 nitrogen and oxygen atoms in total. The number of rotatable bonds is 4. The van der Waals surface area contributed by atoms with Crippen molar-refractivity contribution in [1.29, 1.82) is 0 Å². The predicted octanol–water partition coefficient (Wildman–Crippen LogP) is 4.29. The molecule has 0 bridgehead atoms. The van der Waals surface area contributed by atoms with Gasteiger partial charge in [-0.2, -0.15) is 0 Å². The summed E-state index contributed by atoms with van der Waals surface area (Å²) in [5, 5.41) is 10.3. The maximum atomic E-state index is 13.7. The zero-order valence-electron chi connectivity index (χ0n) is 20.3. The minimum atomic E-state index is -0.914. The molecule has 2 aromatic carbocycles. The second kappa shape index (κ2) is 8.24. The second-order valence-electron chi connectivity index (χ2n) is 10.8. The fourth-order valence-electron chi connectivity index (χ4n) is 5.59. The third kappa shape index (κ3) is 3.66. The van der Waals surface area contributed by atoms with Crippen LogP contribution in [-0.4, -0.2) is 46.2 Å². The summed E-state index contributed by atoms with van der Waals surface area (Å²) in [6, 6.07) is 14.4. The summed E-state index contributed by atoms with van der Waals surface area (Å²) in [7, 11) is -0.492. The highest BCUT2D eigenvalue weighted by atomic mass is 16.7. The van der Waals surface area contributed by atoms with Crippen LogP contribution >= 0.6 is 0 Å². The monoisotopic (exact) mass is 461 g/mol. The molecule has 2 atom stereocenters. The first-order valence-electron chi connectivity index (χ1n) is 12.2. The van der Waals surface area contributed by atoms with E-state index in [1.54, 1.807) is 12.1 Å². The molecule has 3 aliphatic rings. The lowest BCUT2D eigenvalue weighted by Crippen LogP contribution is -2.49. The summed E-state index contributed by atoms with van der Waals surface area (Å²) >= 11 is 0. The average Bonchev–Trinajstić information content (AvgIpc) is 3.39. The van der Waals surface area contributed by atoms with Gasteiger partial charge in [-0.1, -0.05) is 55.3 Å². The van der Waals surface area contributed by atoms with Gasteiger partial charge in [0.2, 0.25) is 0 Å². The quantitative estimate of drug-likeness (QED) is 0.688. The zero-order valence-corrected chi connectivity index (χ0v) is 20.3. The molecule has 1 aliphatic carbocycles. The van der Waals surface area contributed by atoms with Crippen LogP contribution in [0.3, 0.4) is 0 Å². The van der Waals surface area contributed by atoms with E-state index < -0.39 is 36.2 Å². The van der Waals surface area contributed by atoms with Gasteiger partial charge >= 0.3 is 13.1 Å². The molecule has 34 heavy (non-hydrogen) atoms. The Labute approximate surface area is 201 Å². The van der Waals surface area contributed by atoms with Crippen LogP contribution in [0.5, 0.6) is 0 Å². The van der Waals surface area contributed by atoms with Gasteiger partial charge in [-0.15, -0.1) is 0 Å². The maximum absolute atomic E-state index is 13.7. The Bertz CT molecular complexity index is 1090. The highest BCUT2D eigenvalue weighted by Crippen LogP contribution is 2.46. The van der Waals surface area contributed by atoms with Gasteiger partial charge in [-0.3, -0.25) is 9.59 Å². The van der Waals surface area contributed by atoms with Gasteiger partial charge < -0.3 is 19.3 Å². The summed E-state index contributed by atoms with van der Waals surface area (Å²) in [5.74, 6) is -1.81.